The highest BCUT2D eigenvalue weighted by molar-refractivity contribution is 8.01. The smallest absolute Gasteiger partial charge is 0.135 e. The van der Waals surface area contributed by atoms with E-state index in [2.05, 4.69) is 145 Å². The molecule has 1 aromatic heterocycles. The summed E-state index contributed by atoms with van der Waals surface area (Å²) < 4.78 is 0. The molecule has 2 heterocycles. The molecule has 49 heavy (non-hydrogen) atoms. The van der Waals surface area contributed by atoms with Gasteiger partial charge in [-0.2, -0.15) is 0 Å². The van der Waals surface area contributed by atoms with Crippen molar-refractivity contribution >= 4 is 35.1 Å². The van der Waals surface area contributed by atoms with Gasteiger partial charge in [0.15, 0.2) is 0 Å². The molecule has 0 spiro atoms. The van der Waals surface area contributed by atoms with E-state index in [4.69, 9.17) is 9.97 Å². The highest BCUT2D eigenvalue weighted by Crippen LogP contribution is 2.51. The maximum atomic E-state index is 5.24. The molecular weight excluding hydrogens is 613 g/mol. The van der Waals surface area contributed by atoms with Crippen molar-refractivity contribution in [2.75, 3.05) is 0 Å². The molecule has 5 rings (SSSR count). The van der Waals surface area contributed by atoms with Crippen molar-refractivity contribution in [3.8, 4) is 0 Å². The predicted molar refractivity (Wildman–Crippen MR) is 219 cm³/mol. The number of rotatable bonds is 11. The lowest BCUT2D eigenvalue weighted by molar-refractivity contribution is 0.767. The third-order valence-corrected chi connectivity index (χ3v) is 10.6. The highest BCUT2D eigenvalue weighted by atomic mass is 32.2. The van der Waals surface area contributed by atoms with Crippen LogP contribution in [0.15, 0.2) is 96.0 Å². The highest BCUT2D eigenvalue weighted by Gasteiger charge is 2.31. The van der Waals surface area contributed by atoms with Crippen LogP contribution in [0.25, 0.3) is 23.3 Å². The zero-order chi connectivity index (χ0) is 35.2. The summed E-state index contributed by atoms with van der Waals surface area (Å²) in [5.41, 5.74) is 12.0. The first-order chi connectivity index (χ1) is 24.0. The Morgan fingerprint density at radius 3 is 2.61 bits per heavy atom. The number of benzene rings is 1. The number of thioether (sulfide) groups is 1. The lowest BCUT2D eigenvalue weighted by atomic mass is 9.84. The Bertz CT molecular complexity index is 1700. The number of aromatic nitrogens is 2. The Labute approximate surface area is 302 Å². The molecule has 0 bridgehead atoms. The second-order valence-corrected chi connectivity index (χ2v) is 14.2. The molecule has 3 atom stereocenters. The summed E-state index contributed by atoms with van der Waals surface area (Å²) in [5, 5.41) is 0.403. The topological polar surface area (TPSA) is 25.8 Å². The number of hydrogen-bond acceptors (Lipinski definition) is 3. The van der Waals surface area contributed by atoms with Gasteiger partial charge in [-0.05, 0) is 98.1 Å². The lowest BCUT2D eigenvalue weighted by Crippen LogP contribution is -2.09. The van der Waals surface area contributed by atoms with Gasteiger partial charge in [-0.3, -0.25) is 0 Å². The summed E-state index contributed by atoms with van der Waals surface area (Å²) >= 11 is 2.04. The molecule has 3 heteroatoms. The number of fused-ring (bicyclic) bond motifs is 3. The maximum absolute atomic E-state index is 5.24. The molecule has 258 valence electrons. The first-order valence-electron chi connectivity index (χ1n) is 18.8. The fourth-order valence-corrected chi connectivity index (χ4v) is 8.01. The van der Waals surface area contributed by atoms with Gasteiger partial charge in [0.1, 0.15) is 5.82 Å². The van der Waals surface area contributed by atoms with Crippen molar-refractivity contribution in [3.05, 3.63) is 136 Å². The molecule has 0 amide bonds. The monoisotopic (exact) mass is 670 g/mol. The first kappa shape index (κ1) is 38.1. The van der Waals surface area contributed by atoms with Crippen LogP contribution in [0.3, 0.4) is 0 Å². The van der Waals surface area contributed by atoms with Gasteiger partial charge in [0, 0.05) is 21.6 Å². The molecule has 0 N–H and O–H groups in total. The Morgan fingerprint density at radius 2 is 1.84 bits per heavy atom. The Hall–Kier alpha value is -3.69. The molecule has 2 aliphatic carbocycles. The quantitative estimate of drug-likeness (QED) is 0.223. The maximum Gasteiger partial charge on any atom is 0.135 e. The van der Waals surface area contributed by atoms with E-state index in [0.29, 0.717) is 11.2 Å². The number of nitrogens with zero attached hydrogens (tertiary/aromatic N) is 2. The van der Waals surface area contributed by atoms with E-state index in [9.17, 15) is 0 Å². The fraction of sp³-hybridized carbons (Fsp3) is 0.391. The van der Waals surface area contributed by atoms with E-state index >= 15 is 0 Å². The van der Waals surface area contributed by atoms with Crippen LogP contribution in [0.4, 0.5) is 0 Å². The molecular formula is C46H58N2S. The Morgan fingerprint density at radius 1 is 1.00 bits per heavy atom. The second-order valence-electron chi connectivity index (χ2n) is 12.8. The van der Waals surface area contributed by atoms with E-state index in [1.54, 1.807) is 0 Å². The van der Waals surface area contributed by atoms with E-state index in [-0.39, 0.29) is 5.92 Å². The van der Waals surface area contributed by atoms with Crippen LogP contribution in [-0.2, 0) is 12.8 Å². The van der Waals surface area contributed by atoms with Gasteiger partial charge in [0.05, 0.1) is 11.4 Å². The molecule has 2 aromatic rings. The third-order valence-electron chi connectivity index (χ3n) is 9.30. The second kappa shape index (κ2) is 19.5. The largest absolute Gasteiger partial charge is 0.237 e. The van der Waals surface area contributed by atoms with Crippen LogP contribution in [0.5, 0.6) is 0 Å². The van der Waals surface area contributed by atoms with E-state index in [1.807, 2.05) is 25.6 Å². The minimum Gasteiger partial charge on any atom is -0.237 e. The summed E-state index contributed by atoms with van der Waals surface area (Å²) in [6.07, 6.45) is 43.0. The van der Waals surface area contributed by atoms with Gasteiger partial charge in [-0.25, -0.2) is 9.97 Å². The molecule has 3 unspecified atom stereocenters. The fourth-order valence-electron chi connectivity index (χ4n) is 6.65. The van der Waals surface area contributed by atoms with E-state index < -0.39 is 0 Å². The summed E-state index contributed by atoms with van der Waals surface area (Å²) in [7, 11) is 0. The van der Waals surface area contributed by atoms with Gasteiger partial charge in [-0.15, -0.1) is 11.8 Å². The molecule has 0 fully saturated rings. The summed E-state index contributed by atoms with van der Waals surface area (Å²) in [6, 6.07) is 2.54. The SMILES string of the molecule is C/C=C\C=C/CC(C)c1cc2c(c3c1/C(=C/C=C\C(C)c1nc(CC)c(/C=C\CC)c(C4=CC=CC=CC4)n1)C(C)S3)C=CCCC2.CC. The van der Waals surface area contributed by atoms with Crippen molar-refractivity contribution in [2.45, 2.75) is 122 Å². The third kappa shape index (κ3) is 9.51. The Balaban J connectivity index is 0.00000265. The summed E-state index contributed by atoms with van der Waals surface area (Å²) in [6.45, 7) is 17.4. The summed E-state index contributed by atoms with van der Waals surface area (Å²) in [5.74, 6) is 1.43. The van der Waals surface area contributed by atoms with E-state index in [1.165, 1.54) is 44.7 Å². The van der Waals surface area contributed by atoms with Crippen LogP contribution < -0.4 is 0 Å². The zero-order valence-corrected chi connectivity index (χ0v) is 32.1. The van der Waals surface area contributed by atoms with Crippen molar-refractivity contribution in [1.82, 2.24) is 9.97 Å². The van der Waals surface area contributed by atoms with Crippen molar-refractivity contribution in [2.24, 2.45) is 0 Å². The van der Waals surface area contributed by atoms with Crippen LogP contribution >= 0.6 is 11.8 Å². The minimum atomic E-state index is 0.0894. The first-order valence-corrected chi connectivity index (χ1v) is 19.6. The standard InChI is InChI=1S/C44H52N2S.C2H6/c1-7-10-12-16-22-31(4)39-30-35-26-19-15-20-28-37(35)43-41(39)36(33(6)47-43)29-21-23-32(5)44-45-40(9-3)38(27-11-8-2)42(46-44)34-24-17-13-14-18-25-34;1-2/h7,10-14,16-18,20-21,23-24,27-33H,8-9,15,19,22,25-26H2,1-6H3;1-2H3/b10-7-,16-12-,23-21-,27-11-,36-29+;. The molecule has 0 saturated carbocycles. The van der Waals surface area contributed by atoms with Gasteiger partial charge >= 0.3 is 0 Å². The number of aryl methyl sites for hydroxylation is 2. The van der Waals surface area contributed by atoms with Gasteiger partial charge < -0.3 is 0 Å². The van der Waals surface area contributed by atoms with Crippen LogP contribution in [0.1, 0.15) is 144 Å². The molecule has 0 radical (unpaired) electrons. The number of hydrogen-bond donors (Lipinski definition) is 0. The van der Waals surface area contributed by atoms with E-state index in [0.717, 1.165) is 61.3 Å². The lowest BCUT2D eigenvalue weighted by Gasteiger charge is -2.20. The molecule has 3 aliphatic rings. The van der Waals surface area contributed by atoms with Gasteiger partial charge in [0.2, 0.25) is 0 Å². The van der Waals surface area contributed by atoms with Crippen LogP contribution in [0, 0.1) is 0 Å². The average molecular weight is 671 g/mol. The van der Waals surface area contributed by atoms with Crippen molar-refractivity contribution in [3.63, 3.8) is 0 Å². The van der Waals surface area contributed by atoms with Gasteiger partial charge in [0.25, 0.3) is 0 Å². The normalized spacial score (nSPS) is 19.3. The van der Waals surface area contributed by atoms with Crippen LogP contribution in [0.2, 0.25) is 0 Å². The Kier molecular flexibility index (Phi) is 15.2. The molecule has 1 aromatic carbocycles. The average Bonchev–Trinajstić information content (AvgIpc) is 3.34. The zero-order valence-electron chi connectivity index (χ0n) is 31.3. The van der Waals surface area contributed by atoms with Gasteiger partial charge in [-0.1, -0.05) is 145 Å². The number of allylic oxidation sites excluding steroid dienone is 15. The van der Waals surface area contributed by atoms with Crippen molar-refractivity contribution < 1.29 is 0 Å². The minimum absolute atomic E-state index is 0.0894. The molecule has 1 aliphatic heterocycles. The summed E-state index contributed by atoms with van der Waals surface area (Å²) in [4.78, 5) is 11.9. The molecule has 2 nitrogen and oxygen atoms in total. The van der Waals surface area contributed by atoms with Crippen molar-refractivity contribution in [1.29, 1.82) is 0 Å². The molecule has 0 saturated heterocycles. The predicted octanol–water partition coefficient (Wildman–Crippen LogP) is 13.6. The van der Waals surface area contributed by atoms with Crippen LogP contribution in [-0.4, -0.2) is 15.2 Å².